The fourth-order valence-electron chi connectivity index (χ4n) is 3.18. The molecule has 2 aliphatic rings. The molecule has 0 radical (unpaired) electrons. The van der Waals surface area contributed by atoms with E-state index in [-0.39, 0.29) is 29.9 Å². The first-order valence-corrected chi connectivity index (χ1v) is 6.99. The Morgan fingerprint density at radius 3 is 2.85 bits per heavy atom. The molecule has 1 N–H and O–H groups in total. The lowest BCUT2D eigenvalue weighted by Crippen LogP contribution is -2.44. The Balaban J connectivity index is 1.64. The second kappa shape index (κ2) is 5.50. The van der Waals surface area contributed by atoms with Crippen molar-refractivity contribution in [3.63, 3.8) is 0 Å². The van der Waals surface area contributed by atoms with Crippen molar-refractivity contribution in [2.75, 3.05) is 20.1 Å². The molecule has 0 saturated carbocycles. The number of morpholine rings is 1. The van der Waals surface area contributed by atoms with Crippen LogP contribution < -0.4 is 5.32 Å². The number of benzene rings is 1. The molecule has 3 rings (SSSR count). The quantitative estimate of drug-likeness (QED) is 0.902. The van der Waals surface area contributed by atoms with Crippen LogP contribution in [0.4, 0.5) is 4.39 Å². The number of hydrogen-bond donors (Lipinski definition) is 1. The molecular weight excluding hydrogens is 259 g/mol. The van der Waals surface area contributed by atoms with Crippen LogP contribution in [0.25, 0.3) is 0 Å². The number of nitrogens with zero attached hydrogens (tertiary/aromatic N) is 1. The molecule has 0 aromatic heterocycles. The zero-order valence-corrected chi connectivity index (χ0v) is 11.5. The van der Waals surface area contributed by atoms with Crippen molar-refractivity contribution in [1.82, 2.24) is 10.2 Å². The minimum absolute atomic E-state index is 0.0193. The Hall–Kier alpha value is -1.46. The number of halogens is 1. The van der Waals surface area contributed by atoms with Crippen LogP contribution in [0.2, 0.25) is 0 Å². The van der Waals surface area contributed by atoms with Gasteiger partial charge < -0.3 is 10.1 Å². The maximum atomic E-state index is 12.9. The van der Waals surface area contributed by atoms with Gasteiger partial charge in [0.25, 0.3) is 0 Å². The molecule has 0 unspecified atom stereocenters. The molecule has 2 bridgehead atoms. The average molecular weight is 278 g/mol. The number of carbonyl (C=O) groups is 1. The summed E-state index contributed by atoms with van der Waals surface area (Å²) in [6.07, 6.45) is 0.912. The number of ether oxygens (including phenoxy) is 1. The lowest BCUT2D eigenvalue weighted by Gasteiger charge is -2.32. The number of rotatable bonds is 3. The van der Waals surface area contributed by atoms with Crippen molar-refractivity contribution in [2.24, 2.45) is 5.92 Å². The molecule has 0 aliphatic carbocycles. The summed E-state index contributed by atoms with van der Waals surface area (Å²) in [5, 5.41) is 2.71. The summed E-state index contributed by atoms with van der Waals surface area (Å²) in [5.41, 5.74) is 1.09. The Morgan fingerprint density at radius 2 is 2.15 bits per heavy atom. The van der Waals surface area contributed by atoms with Gasteiger partial charge in [0.15, 0.2) is 0 Å². The summed E-state index contributed by atoms with van der Waals surface area (Å²) in [4.78, 5) is 14.1. The van der Waals surface area contributed by atoms with Crippen LogP contribution in [0.5, 0.6) is 0 Å². The summed E-state index contributed by atoms with van der Waals surface area (Å²) in [5.74, 6) is -0.181. The van der Waals surface area contributed by atoms with Crippen molar-refractivity contribution in [1.29, 1.82) is 0 Å². The molecular formula is C15H19FN2O2. The lowest BCUT2D eigenvalue weighted by atomic mass is 10.00. The molecule has 4 nitrogen and oxygen atoms in total. The van der Waals surface area contributed by atoms with E-state index < -0.39 is 0 Å². The summed E-state index contributed by atoms with van der Waals surface area (Å²) in [6.45, 7) is 2.37. The molecule has 3 atom stereocenters. The van der Waals surface area contributed by atoms with Crippen LogP contribution in [-0.4, -0.2) is 43.2 Å². The first-order valence-electron chi connectivity index (χ1n) is 6.99. The van der Waals surface area contributed by atoms with E-state index in [4.69, 9.17) is 4.74 Å². The van der Waals surface area contributed by atoms with Gasteiger partial charge in [-0.25, -0.2) is 4.39 Å². The standard InChI is InChI=1S/C15H19FN2O2/c1-17-15(19)13-6-12-8-18(9-14(13)20-12)7-10-2-4-11(16)5-3-10/h2-5,12-14H,6-9H2,1H3,(H,17,19)/t12-,13+,14-/m1/s1. The van der Waals surface area contributed by atoms with Gasteiger partial charge in [0, 0.05) is 26.7 Å². The highest BCUT2D eigenvalue weighted by atomic mass is 19.1. The number of likely N-dealkylation sites (tertiary alicyclic amines) is 1. The van der Waals surface area contributed by atoms with Crippen LogP contribution in [-0.2, 0) is 16.1 Å². The highest BCUT2D eigenvalue weighted by Gasteiger charge is 2.44. The summed E-state index contributed by atoms with van der Waals surface area (Å²) >= 11 is 0. The Bertz CT molecular complexity index is 491. The van der Waals surface area contributed by atoms with Crippen LogP contribution >= 0.6 is 0 Å². The minimum atomic E-state index is -0.213. The third-order valence-corrected chi connectivity index (χ3v) is 4.14. The van der Waals surface area contributed by atoms with E-state index in [2.05, 4.69) is 10.2 Å². The first kappa shape index (κ1) is 13.5. The molecule has 5 heteroatoms. The molecule has 1 aromatic rings. The zero-order valence-electron chi connectivity index (χ0n) is 11.5. The fraction of sp³-hybridized carbons (Fsp3) is 0.533. The van der Waals surface area contributed by atoms with Crippen molar-refractivity contribution < 1.29 is 13.9 Å². The molecule has 108 valence electrons. The molecule has 20 heavy (non-hydrogen) atoms. The van der Waals surface area contributed by atoms with Crippen molar-refractivity contribution in [3.05, 3.63) is 35.6 Å². The van der Waals surface area contributed by atoms with E-state index in [9.17, 15) is 9.18 Å². The third kappa shape index (κ3) is 2.69. The van der Waals surface area contributed by atoms with Gasteiger partial charge in [-0.1, -0.05) is 12.1 Å². The SMILES string of the molecule is CNC(=O)[C@H]1C[C@@H]2CN(Cc3ccc(F)cc3)C[C@H]1O2. The molecule has 1 amide bonds. The van der Waals surface area contributed by atoms with Gasteiger partial charge in [0.05, 0.1) is 18.1 Å². The Kier molecular flexibility index (Phi) is 3.72. The van der Waals surface area contributed by atoms with Gasteiger partial charge in [-0.15, -0.1) is 0 Å². The molecule has 2 heterocycles. The van der Waals surface area contributed by atoms with E-state index >= 15 is 0 Å². The molecule has 1 aromatic carbocycles. The summed E-state index contributed by atoms with van der Waals surface area (Å²) in [6, 6.07) is 6.58. The predicted molar refractivity (Wildman–Crippen MR) is 72.5 cm³/mol. The lowest BCUT2D eigenvalue weighted by molar-refractivity contribution is -0.127. The van der Waals surface area contributed by atoms with Crippen LogP contribution in [0.1, 0.15) is 12.0 Å². The first-order chi connectivity index (χ1) is 9.65. The normalized spacial score (nSPS) is 29.4. The van der Waals surface area contributed by atoms with Gasteiger partial charge in [-0.05, 0) is 24.1 Å². The van der Waals surface area contributed by atoms with Crippen LogP contribution in [0, 0.1) is 11.7 Å². The molecule has 0 spiro atoms. The Morgan fingerprint density at radius 1 is 1.40 bits per heavy atom. The minimum Gasteiger partial charge on any atom is -0.371 e. The monoisotopic (exact) mass is 278 g/mol. The second-order valence-corrected chi connectivity index (χ2v) is 5.57. The highest BCUT2D eigenvalue weighted by molar-refractivity contribution is 5.79. The average Bonchev–Trinajstić information content (AvgIpc) is 2.75. The van der Waals surface area contributed by atoms with Gasteiger partial charge >= 0.3 is 0 Å². The zero-order chi connectivity index (χ0) is 14.1. The molecule has 2 fully saturated rings. The maximum Gasteiger partial charge on any atom is 0.225 e. The topological polar surface area (TPSA) is 41.6 Å². The van der Waals surface area contributed by atoms with Gasteiger partial charge in [0.2, 0.25) is 5.91 Å². The number of nitrogens with one attached hydrogen (secondary N) is 1. The maximum absolute atomic E-state index is 12.9. The Labute approximate surface area is 117 Å². The van der Waals surface area contributed by atoms with E-state index in [1.807, 2.05) is 12.1 Å². The highest BCUT2D eigenvalue weighted by Crippen LogP contribution is 2.32. The van der Waals surface area contributed by atoms with Gasteiger partial charge in [0.1, 0.15) is 5.82 Å². The number of amides is 1. The molecule has 2 aliphatic heterocycles. The van der Waals surface area contributed by atoms with Crippen molar-refractivity contribution in [2.45, 2.75) is 25.2 Å². The summed E-state index contributed by atoms with van der Waals surface area (Å²) in [7, 11) is 1.67. The number of carbonyl (C=O) groups excluding carboxylic acids is 1. The fourth-order valence-corrected chi connectivity index (χ4v) is 3.18. The number of fused-ring (bicyclic) bond motifs is 2. The molecule has 2 saturated heterocycles. The van der Waals surface area contributed by atoms with Crippen LogP contribution in [0.3, 0.4) is 0 Å². The van der Waals surface area contributed by atoms with Crippen molar-refractivity contribution in [3.8, 4) is 0 Å². The van der Waals surface area contributed by atoms with Crippen molar-refractivity contribution >= 4 is 5.91 Å². The largest absolute Gasteiger partial charge is 0.371 e. The van der Waals surface area contributed by atoms with Gasteiger partial charge in [-0.3, -0.25) is 9.69 Å². The third-order valence-electron chi connectivity index (χ3n) is 4.14. The second-order valence-electron chi connectivity index (χ2n) is 5.57. The van der Waals surface area contributed by atoms with Crippen LogP contribution in [0.15, 0.2) is 24.3 Å². The smallest absolute Gasteiger partial charge is 0.225 e. The van der Waals surface area contributed by atoms with Gasteiger partial charge in [-0.2, -0.15) is 0 Å². The van der Waals surface area contributed by atoms with E-state index in [0.717, 1.165) is 31.6 Å². The van der Waals surface area contributed by atoms with E-state index in [1.165, 1.54) is 12.1 Å². The van der Waals surface area contributed by atoms with E-state index in [1.54, 1.807) is 7.05 Å². The predicted octanol–water partition coefficient (Wildman–Crippen LogP) is 1.16. The van der Waals surface area contributed by atoms with E-state index in [0.29, 0.717) is 0 Å². The summed E-state index contributed by atoms with van der Waals surface area (Å²) < 4.78 is 18.8. The number of hydrogen-bond acceptors (Lipinski definition) is 3.